The molecule has 0 aromatic carbocycles. The van der Waals surface area contributed by atoms with Crippen molar-refractivity contribution in [3.63, 3.8) is 0 Å². The van der Waals surface area contributed by atoms with Crippen molar-refractivity contribution in [2.75, 3.05) is 19.7 Å². The van der Waals surface area contributed by atoms with Crippen LogP contribution in [0.15, 0.2) is 36.0 Å². The number of likely N-dealkylation sites (tertiary alicyclic amines) is 1. The summed E-state index contributed by atoms with van der Waals surface area (Å²) < 4.78 is 5.34. The highest BCUT2D eigenvalue weighted by molar-refractivity contribution is 5.88. The number of epoxide rings is 1. The summed E-state index contributed by atoms with van der Waals surface area (Å²) in [6.45, 7) is 2.68. The molecule has 0 saturated carbocycles. The number of hydrogen-bond acceptors (Lipinski definition) is 2. The van der Waals surface area contributed by atoms with E-state index in [4.69, 9.17) is 4.74 Å². The summed E-state index contributed by atoms with van der Waals surface area (Å²) >= 11 is 0. The first-order valence-electron chi connectivity index (χ1n) is 7.28. The topological polar surface area (TPSA) is 32.8 Å². The van der Waals surface area contributed by atoms with Gasteiger partial charge < -0.3 is 9.64 Å². The fraction of sp³-hybridized carbons (Fsp3) is 0.562. The standard InChI is InChI=1S/C16H21NO2/c18-16(7-6-13-4-2-1-3-5-13)17-10-8-14(9-11-17)15-12-19-15/h2,4-7,14-15H,1,3,8-12H2/b7-6+. The van der Waals surface area contributed by atoms with Crippen LogP contribution < -0.4 is 0 Å². The highest BCUT2D eigenvalue weighted by Crippen LogP contribution is 2.29. The lowest BCUT2D eigenvalue weighted by Gasteiger charge is -2.30. The van der Waals surface area contributed by atoms with E-state index in [0.29, 0.717) is 12.0 Å². The first-order valence-corrected chi connectivity index (χ1v) is 7.28. The Hall–Kier alpha value is -1.35. The molecular formula is C16H21NO2. The van der Waals surface area contributed by atoms with E-state index in [1.54, 1.807) is 6.08 Å². The van der Waals surface area contributed by atoms with Crippen molar-refractivity contribution >= 4 is 5.91 Å². The molecule has 0 aromatic heterocycles. The third-order valence-corrected chi connectivity index (χ3v) is 4.18. The van der Waals surface area contributed by atoms with Crippen LogP contribution in [-0.4, -0.2) is 36.6 Å². The van der Waals surface area contributed by atoms with Gasteiger partial charge in [0.2, 0.25) is 5.91 Å². The molecule has 102 valence electrons. The molecule has 2 heterocycles. The summed E-state index contributed by atoms with van der Waals surface area (Å²) in [7, 11) is 0. The predicted molar refractivity (Wildman–Crippen MR) is 74.6 cm³/mol. The van der Waals surface area contributed by atoms with E-state index >= 15 is 0 Å². The zero-order chi connectivity index (χ0) is 13.1. The molecule has 0 N–H and O–H groups in total. The van der Waals surface area contributed by atoms with Crippen molar-refractivity contribution in [2.45, 2.75) is 31.8 Å². The Morgan fingerprint density at radius 1 is 1.32 bits per heavy atom. The number of allylic oxidation sites excluding steroid dienone is 5. The SMILES string of the molecule is O=C(/C=C/C1=CCCC=C1)N1CCC(C2CO2)CC1. The Morgan fingerprint density at radius 3 is 2.74 bits per heavy atom. The molecule has 0 bridgehead atoms. The summed E-state index contributed by atoms with van der Waals surface area (Å²) in [5.41, 5.74) is 1.15. The smallest absolute Gasteiger partial charge is 0.246 e. The number of hydrogen-bond donors (Lipinski definition) is 0. The van der Waals surface area contributed by atoms with Crippen LogP contribution in [0.3, 0.4) is 0 Å². The van der Waals surface area contributed by atoms with Gasteiger partial charge in [-0.2, -0.15) is 0 Å². The van der Waals surface area contributed by atoms with E-state index in [2.05, 4.69) is 18.2 Å². The maximum Gasteiger partial charge on any atom is 0.246 e. The molecular weight excluding hydrogens is 238 g/mol. The number of carbonyl (C=O) groups is 1. The van der Waals surface area contributed by atoms with E-state index in [1.807, 2.05) is 11.0 Å². The van der Waals surface area contributed by atoms with Crippen molar-refractivity contribution in [2.24, 2.45) is 5.92 Å². The maximum atomic E-state index is 12.1. The molecule has 3 heteroatoms. The van der Waals surface area contributed by atoms with E-state index in [-0.39, 0.29) is 5.91 Å². The van der Waals surface area contributed by atoms with Gasteiger partial charge in [-0.15, -0.1) is 0 Å². The largest absolute Gasteiger partial charge is 0.373 e. The molecule has 3 aliphatic rings. The second-order valence-corrected chi connectivity index (χ2v) is 5.55. The number of rotatable bonds is 3. The van der Waals surface area contributed by atoms with Gasteiger partial charge in [0.1, 0.15) is 0 Å². The number of ether oxygens (including phenoxy) is 1. The molecule has 0 aromatic rings. The molecule has 0 radical (unpaired) electrons. The second kappa shape index (κ2) is 5.74. The lowest BCUT2D eigenvalue weighted by Crippen LogP contribution is -2.38. The Bertz CT molecular complexity index is 424. The summed E-state index contributed by atoms with van der Waals surface area (Å²) in [6, 6.07) is 0. The molecule has 1 unspecified atom stereocenters. The Kier molecular flexibility index (Phi) is 3.83. The van der Waals surface area contributed by atoms with Gasteiger partial charge in [0.15, 0.2) is 0 Å². The van der Waals surface area contributed by atoms with Crippen LogP contribution in [0.5, 0.6) is 0 Å². The third-order valence-electron chi connectivity index (χ3n) is 4.18. The molecule has 1 aliphatic carbocycles. The van der Waals surface area contributed by atoms with Crippen LogP contribution in [0.4, 0.5) is 0 Å². The van der Waals surface area contributed by atoms with Crippen LogP contribution in [0, 0.1) is 5.92 Å². The van der Waals surface area contributed by atoms with Gasteiger partial charge >= 0.3 is 0 Å². The average molecular weight is 259 g/mol. The Labute approximate surface area is 114 Å². The predicted octanol–water partition coefficient (Wildman–Crippen LogP) is 2.46. The number of nitrogens with zero attached hydrogens (tertiary/aromatic N) is 1. The number of carbonyl (C=O) groups excluding carboxylic acids is 1. The molecule has 0 spiro atoms. The van der Waals surface area contributed by atoms with Crippen LogP contribution in [-0.2, 0) is 9.53 Å². The fourth-order valence-corrected chi connectivity index (χ4v) is 2.85. The van der Waals surface area contributed by atoms with Gasteiger partial charge in [0, 0.05) is 19.2 Å². The van der Waals surface area contributed by atoms with Crippen LogP contribution >= 0.6 is 0 Å². The summed E-state index contributed by atoms with van der Waals surface area (Å²) in [4.78, 5) is 14.1. The van der Waals surface area contributed by atoms with Gasteiger partial charge in [-0.05, 0) is 43.3 Å². The third kappa shape index (κ3) is 3.35. The number of amides is 1. The van der Waals surface area contributed by atoms with Crippen molar-refractivity contribution in [3.05, 3.63) is 36.0 Å². The van der Waals surface area contributed by atoms with Gasteiger partial charge in [-0.1, -0.05) is 18.2 Å². The normalized spacial score (nSPS) is 27.7. The molecule has 2 fully saturated rings. The van der Waals surface area contributed by atoms with Crippen molar-refractivity contribution in [1.29, 1.82) is 0 Å². The summed E-state index contributed by atoms with van der Waals surface area (Å²) in [6.07, 6.45) is 14.9. The molecule has 3 nitrogen and oxygen atoms in total. The fourth-order valence-electron chi connectivity index (χ4n) is 2.85. The summed E-state index contributed by atoms with van der Waals surface area (Å²) in [5, 5.41) is 0. The number of piperidine rings is 1. The maximum absolute atomic E-state index is 12.1. The lowest BCUT2D eigenvalue weighted by atomic mass is 9.94. The minimum absolute atomic E-state index is 0.148. The van der Waals surface area contributed by atoms with Crippen molar-refractivity contribution < 1.29 is 9.53 Å². The minimum atomic E-state index is 0.148. The van der Waals surface area contributed by atoms with E-state index < -0.39 is 0 Å². The Balaban J connectivity index is 1.49. The lowest BCUT2D eigenvalue weighted by molar-refractivity contribution is -0.127. The van der Waals surface area contributed by atoms with Gasteiger partial charge in [-0.3, -0.25) is 4.79 Å². The van der Waals surface area contributed by atoms with Crippen molar-refractivity contribution in [3.8, 4) is 0 Å². The van der Waals surface area contributed by atoms with Gasteiger partial charge in [0.05, 0.1) is 12.7 Å². The Morgan fingerprint density at radius 2 is 2.11 bits per heavy atom. The van der Waals surface area contributed by atoms with Crippen LogP contribution in [0.25, 0.3) is 0 Å². The van der Waals surface area contributed by atoms with Gasteiger partial charge in [-0.25, -0.2) is 0 Å². The molecule has 1 atom stereocenters. The van der Waals surface area contributed by atoms with Crippen LogP contribution in [0.2, 0.25) is 0 Å². The monoisotopic (exact) mass is 259 g/mol. The van der Waals surface area contributed by atoms with E-state index in [0.717, 1.165) is 51.0 Å². The highest BCUT2D eigenvalue weighted by Gasteiger charge is 2.35. The molecule has 2 aliphatic heterocycles. The van der Waals surface area contributed by atoms with E-state index in [1.165, 1.54) is 0 Å². The van der Waals surface area contributed by atoms with E-state index in [9.17, 15) is 4.79 Å². The highest BCUT2D eigenvalue weighted by atomic mass is 16.6. The van der Waals surface area contributed by atoms with Crippen LogP contribution in [0.1, 0.15) is 25.7 Å². The average Bonchev–Trinajstić information content (AvgIpc) is 3.31. The quantitative estimate of drug-likeness (QED) is 0.576. The molecule has 2 saturated heterocycles. The zero-order valence-electron chi connectivity index (χ0n) is 11.3. The zero-order valence-corrected chi connectivity index (χ0v) is 11.3. The molecule has 1 amide bonds. The molecule has 3 rings (SSSR count). The van der Waals surface area contributed by atoms with Crippen molar-refractivity contribution in [1.82, 2.24) is 4.90 Å². The second-order valence-electron chi connectivity index (χ2n) is 5.55. The first kappa shape index (κ1) is 12.7. The first-order chi connectivity index (χ1) is 9.33. The summed E-state index contributed by atoms with van der Waals surface area (Å²) in [5.74, 6) is 0.826. The molecule has 19 heavy (non-hydrogen) atoms. The van der Waals surface area contributed by atoms with Gasteiger partial charge in [0.25, 0.3) is 0 Å². The minimum Gasteiger partial charge on any atom is -0.373 e.